The van der Waals surface area contributed by atoms with Crippen LogP contribution in [0.3, 0.4) is 0 Å². The molecule has 0 spiro atoms. The van der Waals surface area contributed by atoms with Gasteiger partial charge in [0.15, 0.2) is 0 Å². The molecule has 1 rings (SSSR count). The van der Waals surface area contributed by atoms with Gasteiger partial charge in [0.1, 0.15) is 5.75 Å². The van der Waals surface area contributed by atoms with Gasteiger partial charge >= 0.3 is 10.4 Å². The largest absolute Gasteiger partial charge is 0.497 e. The number of rotatable bonds is 8. The molecule has 0 bridgehead atoms. The predicted octanol–water partition coefficient (Wildman–Crippen LogP) is 1.59. The third-order valence-corrected chi connectivity index (χ3v) is 2.56. The van der Waals surface area contributed by atoms with Gasteiger partial charge in [-0.2, -0.15) is 8.42 Å². The monoisotopic (exact) mass is 288 g/mol. The fourth-order valence-electron chi connectivity index (χ4n) is 1.23. The molecule has 1 aromatic carbocycles. The SMILES string of the molecule is COc1ccc(COC/C=C/COS(=O)(=O)O)cc1. The lowest BCUT2D eigenvalue weighted by Gasteiger charge is -2.03. The second-order valence-electron chi connectivity index (χ2n) is 3.55. The second-order valence-corrected chi connectivity index (χ2v) is 4.64. The van der Waals surface area contributed by atoms with E-state index >= 15 is 0 Å². The Morgan fingerprint density at radius 1 is 1.16 bits per heavy atom. The van der Waals surface area contributed by atoms with Gasteiger partial charge in [0.25, 0.3) is 0 Å². The summed E-state index contributed by atoms with van der Waals surface area (Å²) in [6.07, 6.45) is 3.05. The summed E-state index contributed by atoms with van der Waals surface area (Å²) in [5, 5.41) is 0. The molecule has 0 heterocycles. The van der Waals surface area contributed by atoms with Crippen molar-refractivity contribution >= 4 is 10.4 Å². The molecule has 19 heavy (non-hydrogen) atoms. The van der Waals surface area contributed by atoms with Gasteiger partial charge in [0.05, 0.1) is 26.9 Å². The van der Waals surface area contributed by atoms with E-state index in [1.165, 1.54) is 6.08 Å². The molecule has 0 aliphatic rings. The zero-order valence-corrected chi connectivity index (χ0v) is 11.3. The molecule has 6 nitrogen and oxygen atoms in total. The minimum Gasteiger partial charge on any atom is -0.497 e. The average molecular weight is 288 g/mol. The third kappa shape index (κ3) is 7.58. The molecule has 0 aromatic heterocycles. The van der Waals surface area contributed by atoms with Crippen LogP contribution in [0.5, 0.6) is 5.75 Å². The topological polar surface area (TPSA) is 82.1 Å². The van der Waals surface area contributed by atoms with Gasteiger partial charge < -0.3 is 9.47 Å². The Hall–Kier alpha value is -1.41. The molecule has 0 aliphatic carbocycles. The minimum atomic E-state index is -4.37. The summed E-state index contributed by atoms with van der Waals surface area (Å²) < 4.78 is 43.2. The van der Waals surface area contributed by atoms with E-state index in [0.717, 1.165) is 11.3 Å². The molecule has 1 N–H and O–H groups in total. The van der Waals surface area contributed by atoms with Crippen LogP contribution in [0, 0.1) is 0 Å². The van der Waals surface area contributed by atoms with E-state index in [2.05, 4.69) is 4.18 Å². The Labute approximate surface area is 112 Å². The molecule has 0 saturated carbocycles. The van der Waals surface area contributed by atoms with Crippen LogP contribution >= 0.6 is 0 Å². The van der Waals surface area contributed by atoms with E-state index in [4.69, 9.17) is 14.0 Å². The molecular formula is C12H16O6S. The first-order valence-corrected chi connectivity index (χ1v) is 6.85. The highest BCUT2D eigenvalue weighted by Crippen LogP contribution is 2.11. The van der Waals surface area contributed by atoms with E-state index in [-0.39, 0.29) is 6.61 Å². The molecule has 0 saturated heterocycles. The van der Waals surface area contributed by atoms with Crippen LogP contribution in [-0.4, -0.2) is 33.3 Å². The Balaban J connectivity index is 2.18. The molecule has 1 aromatic rings. The maximum Gasteiger partial charge on any atom is 0.397 e. The zero-order valence-electron chi connectivity index (χ0n) is 10.5. The van der Waals surface area contributed by atoms with Gasteiger partial charge in [-0.1, -0.05) is 24.3 Å². The second kappa shape index (κ2) is 7.90. The third-order valence-electron chi connectivity index (χ3n) is 2.12. The number of benzene rings is 1. The number of ether oxygens (including phenoxy) is 2. The standard InChI is InChI=1S/C12H16O6S/c1-16-12-6-4-11(5-7-12)10-17-8-2-3-9-18-19(13,14)15/h2-7H,8-10H2,1H3,(H,13,14,15)/b3-2+. The molecule has 7 heteroatoms. The van der Waals surface area contributed by atoms with Crippen LogP contribution in [0.1, 0.15) is 5.56 Å². The van der Waals surface area contributed by atoms with Crippen LogP contribution in [0.15, 0.2) is 36.4 Å². The van der Waals surface area contributed by atoms with Crippen molar-refractivity contribution in [3.05, 3.63) is 42.0 Å². The van der Waals surface area contributed by atoms with Gasteiger partial charge in [-0.3, -0.25) is 4.55 Å². The molecule has 106 valence electrons. The van der Waals surface area contributed by atoms with Gasteiger partial charge in [-0.15, -0.1) is 0 Å². The normalized spacial score (nSPS) is 11.9. The van der Waals surface area contributed by atoms with Crippen molar-refractivity contribution < 1.29 is 26.6 Å². The van der Waals surface area contributed by atoms with Crippen molar-refractivity contribution in [1.82, 2.24) is 0 Å². The smallest absolute Gasteiger partial charge is 0.397 e. The summed E-state index contributed by atoms with van der Waals surface area (Å²) in [7, 11) is -2.77. The fourth-order valence-corrected chi connectivity index (χ4v) is 1.48. The highest BCUT2D eigenvalue weighted by Gasteiger charge is 2.00. The van der Waals surface area contributed by atoms with Crippen molar-refractivity contribution in [3.63, 3.8) is 0 Å². The first-order valence-electron chi connectivity index (χ1n) is 5.49. The highest BCUT2D eigenvalue weighted by molar-refractivity contribution is 7.80. The van der Waals surface area contributed by atoms with Crippen LogP contribution < -0.4 is 4.74 Å². The van der Waals surface area contributed by atoms with E-state index in [1.54, 1.807) is 13.2 Å². The lowest BCUT2D eigenvalue weighted by atomic mass is 10.2. The molecule has 0 radical (unpaired) electrons. The predicted molar refractivity (Wildman–Crippen MR) is 69.3 cm³/mol. The quantitative estimate of drug-likeness (QED) is 0.444. The summed E-state index contributed by atoms with van der Waals surface area (Å²) in [6.45, 7) is 0.541. The van der Waals surface area contributed by atoms with Crippen molar-refractivity contribution in [3.8, 4) is 5.75 Å². The maximum atomic E-state index is 10.2. The summed E-state index contributed by atoms with van der Waals surface area (Å²) in [4.78, 5) is 0. The number of hydrogen-bond acceptors (Lipinski definition) is 5. The number of methoxy groups -OCH3 is 1. The van der Waals surface area contributed by atoms with Crippen molar-refractivity contribution in [1.29, 1.82) is 0 Å². The Morgan fingerprint density at radius 2 is 1.79 bits per heavy atom. The Morgan fingerprint density at radius 3 is 2.37 bits per heavy atom. The van der Waals surface area contributed by atoms with Crippen molar-refractivity contribution in [2.75, 3.05) is 20.3 Å². The first-order chi connectivity index (χ1) is 9.01. The Kier molecular flexibility index (Phi) is 6.51. The summed E-state index contributed by atoms with van der Waals surface area (Å²) in [5.74, 6) is 0.783. The van der Waals surface area contributed by atoms with E-state index in [9.17, 15) is 8.42 Å². The van der Waals surface area contributed by atoms with Gasteiger partial charge in [0.2, 0.25) is 0 Å². The summed E-state index contributed by atoms with van der Waals surface area (Å²) in [5.41, 5.74) is 1.00. The van der Waals surface area contributed by atoms with E-state index in [1.807, 2.05) is 24.3 Å². The highest BCUT2D eigenvalue weighted by atomic mass is 32.3. The Bertz CT molecular complexity index is 491. The van der Waals surface area contributed by atoms with E-state index < -0.39 is 10.4 Å². The van der Waals surface area contributed by atoms with Crippen LogP contribution in [-0.2, 0) is 25.9 Å². The zero-order chi connectivity index (χ0) is 14.1. The lowest BCUT2D eigenvalue weighted by molar-refractivity contribution is 0.148. The van der Waals surface area contributed by atoms with Gasteiger partial charge in [0, 0.05) is 0 Å². The molecule has 0 atom stereocenters. The lowest BCUT2D eigenvalue weighted by Crippen LogP contribution is -2.03. The fraction of sp³-hybridized carbons (Fsp3) is 0.333. The maximum absolute atomic E-state index is 10.2. The molecule has 0 fully saturated rings. The van der Waals surface area contributed by atoms with Crippen LogP contribution in [0.25, 0.3) is 0 Å². The molecule has 0 unspecified atom stereocenters. The number of hydrogen-bond donors (Lipinski definition) is 1. The van der Waals surface area contributed by atoms with Crippen molar-refractivity contribution in [2.24, 2.45) is 0 Å². The van der Waals surface area contributed by atoms with Crippen molar-refractivity contribution in [2.45, 2.75) is 6.61 Å². The molecule has 0 amide bonds. The molecule has 0 aliphatic heterocycles. The molecular weight excluding hydrogens is 272 g/mol. The summed E-state index contributed by atoms with van der Waals surface area (Å²) in [6, 6.07) is 7.47. The summed E-state index contributed by atoms with van der Waals surface area (Å²) >= 11 is 0. The average Bonchev–Trinajstić information content (AvgIpc) is 2.37. The van der Waals surface area contributed by atoms with Gasteiger partial charge in [-0.25, -0.2) is 4.18 Å². The van der Waals surface area contributed by atoms with Crippen LogP contribution in [0.4, 0.5) is 0 Å². The van der Waals surface area contributed by atoms with Gasteiger partial charge in [-0.05, 0) is 17.7 Å². The van der Waals surface area contributed by atoms with E-state index in [0.29, 0.717) is 13.2 Å². The van der Waals surface area contributed by atoms with Crippen LogP contribution in [0.2, 0.25) is 0 Å². The minimum absolute atomic E-state index is 0.218. The first kappa shape index (κ1) is 15.6.